The molecule has 1 saturated carbocycles. The maximum Gasteiger partial charge on any atom is 0.0457 e. The van der Waals surface area contributed by atoms with E-state index in [0.29, 0.717) is 6.04 Å². The summed E-state index contributed by atoms with van der Waals surface area (Å²) >= 11 is 1.61. The van der Waals surface area contributed by atoms with Crippen molar-refractivity contribution in [2.45, 2.75) is 18.9 Å². The third-order valence-electron chi connectivity index (χ3n) is 2.17. The Hall–Kier alpha value is -0.410. The molecule has 11 heavy (non-hydrogen) atoms. The predicted octanol–water partition coefficient (Wildman–Crippen LogP) is 1.81. The van der Waals surface area contributed by atoms with E-state index < -0.39 is 0 Å². The molecular weight excluding hydrogens is 156 g/mol. The van der Waals surface area contributed by atoms with Gasteiger partial charge >= 0.3 is 0 Å². The summed E-state index contributed by atoms with van der Waals surface area (Å²) in [5, 5.41) is 3.34. The Morgan fingerprint density at radius 3 is 3.00 bits per heavy atom. The molecule has 0 aliphatic heterocycles. The van der Waals surface area contributed by atoms with Crippen LogP contribution < -0.4 is 5.32 Å². The van der Waals surface area contributed by atoms with Crippen LogP contribution in [0.4, 0.5) is 0 Å². The highest BCUT2D eigenvalue weighted by Gasteiger charge is 2.31. The average molecular weight is 168 g/mol. The van der Waals surface area contributed by atoms with Crippen LogP contribution >= 0.6 is 11.5 Å². The van der Waals surface area contributed by atoms with Gasteiger partial charge in [0.2, 0.25) is 0 Å². The van der Waals surface area contributed by atoms with E-state index in [1.54, 1.807) is 11.5 Å². The van der Waals surface area contributed by atoms with Crippen LogP contribution in [0.15, 0.2) is 12.3 Å². The number of hydrogen-bond acceptors (Lipinski definition) is 3. The van der Waals surface area contributed by atoms with E-state index in [2.05, 4.69) is 15.8 Å². The van der Waals surface area contributed by atoms with Gasteiger partial charge in [0.1, 0.15) is 0 Å². The predicted molar refractivity (Wildman–Crippen MR) is 46.6 cm³/mol. The second-order valence-corrected chi connectivity index (χ2v) is 3.88. The molecular formula is C8H12N2S. The van der Waals surface area contributed by atoms with Crippen LogP contribution in [-0.4, -0.2) is 11.4 Å². The normalized spacial score (nSPS) is 20.1. The first kappa shape index (κ1) is 7.25. The third-order valence-corrected chi connectivity index (χ3v) is 3.00. The maximum atomic E-state index is 4.10. The number of aromatic nitrogens is 1. The SMILES string of the molecule is CNC(c1ccns1)C1CC1. The van der Waals surface area contributed by atoms with Gasteiger partial charge in [0.15, 0.2) is 0 Å². The zero-order chi connectivity index (χ0) is 7.68. The van der Waals surface area contributed by atoms with Crippen molar-refractivity contribution in [3.8, 4) is 0 Å². The van der Waals surface area contributed by atoms with Crippen molar-refractivity contribution >= 4 is 11.5 Å². The van der Waals surface area contributed by atoms with Crippen LogP contribution in [-0.2, 0) is 0 Å². The lowest BCUT2D eigenvalue weighted by molar-refractivity contribution is 0.537. The molecule has 3 heteroatoms. The van der Waals surface area contributed by atoms with Crippen molar-refractivity contribution in [1.29, 1.82) is 0 Å². The third kappa shape index (κ3) is 1.44. The molecule has 1 aliphatic rings. The first-order chi connectivity index (χ1) is 5.42. The first-order valence-electron chi connectivity index (χ1n) is 3.99. The Morgan fingerprint density at radius 2 is 2.55 bits per heavy atom. The quantitative estimate of drug-likeness (QED) is 0.744. The molecule has 0 aromatic carbocycles. The van der Waals surface area contributed by atoms with E-state index in [0.717, 1.165) is 5.92 Å². The molecule has 2 rings (SSSR count). The molecule has 1 heterocycles. The lowest BCUT2D eigenvalue weighted by Gasteiger charge is -2.11. The minimum atomic E-state index is 0.572. The minimum Gasteiger partial charge on any atom is -0.312 e. The second kappa shape index (κ2) is 2.91. The molecule has 1 atom stereocenters. The molecule has 0 amide bonds. The highest BCUT2D eigenvalue weighted by Crippen LogP contribution is 2.41. The summed E-state index contributed by atoms with van der Waals surface area (Å²) in [6, 6.07) is 2.69. The Balaban J connectivity index is 2.11. The van der Waals surface area contributed by atoms with Gasteiger partial charge in [-0.2, -0.15) is 0 Å². The van der Waals surface area contributed by atoms with E-state index in [1.165, 1.54) is 17.7 Å². The number of nitrogens with zero attached hydrogens (tertiary/aromatic N) is 1. The molecule has 1 unspecified atom stereocenters. The molecule has 0 spiro atoms. The van der Waals surface area contributed by atoms with Crippen molar-refractivity contribution < 1.29 is 0 Å². The Morgan fingerprint density at radius 1 is 1.73 bits per heavy atom. The Labute approximate surface area is 70.8 Å². The van der Waals surface area contributed by atoms with E-state index in [9.17, 15) is 0 Å². The second-order valence-electron chi connectivity index (χ2n) is 3.02. The average Bonchev–Trinajstić information content (AvgIpc) is 2.68. The summed E-state index contributed by atoms with van der Waals surface area (Å²) in [6.07, 6.45) is 4.64. The largest absolute Gasteiger partial charge is 0.312 e. The van der Waals surface area contributed by atoms with E-state index in [4.69, 9.17) is 0 Å². The smallest absolute Gasteiger partial charge is 0.0457 e. The van der Waals surface area contributed by atoms with Gasteiger partial charge in [-0.1, -0.05) is 0 Å². The van der Waals surface area contributed by atoms with Crippen LogP contribution in [0.25, 0.3) is 0 Å². The van der Waals surface area contributed by atoms with Crippen molar-refractivity contribution in [1.82, 2.24) is 9.69 Å². The summed E-state index contributed by atoms with van der Waals surface area (Å²) in [5.41, 5.74) is 0. The van der Waals surface area contributed by atoms with E-state index >= 15 is 0 Å². The van der Waals surface area contributed by atoms with Gasteiger partial charge in [0.25, 0.3) is 0 Å². The molecule has 0 radical (unpaired) electrons. The summed E-state index contributed by atoms with van der Waals surface area (Å²) in [6.45, 7) is 0. The van der Waals surface area contributed by atoms with E-state index in [-0.39, 0.29) is 0 Å². The molecule has 0 bridgehead atoms. The van der Waals surface area contributed by atoms with Crippen molar-refractivity contribution in [2.24, 2.45) is 5.92 Å². The molecule has 0 saturated heterocycles. The van der Waals surface area contributed by atoms with Crippen LogP contribution in [0.3, 0.4) is 0 Å². The van der Waals surface area contributed by atoms with Crippen molar-refractivity contribution in [3.63, 3.8) is 0 Å². The first-order valence-corrected chi connectivity index (χ1v) is 4.77. The van der Waals surface area contributed by atoms with Gasteiger partial charge in [0.05, 0.1) is 0 Å². The molecule has 60 valence electrons. The fourth-order valence-corrected chi connectivity index (χ4v) is 2.21. The number of nitrogens with one attached hydrogen (secondary N) is 1. The molecule has 1 fully saturated rings. The summed E-state index contributed by atoms with van der Waals surface area (Å²) < 4.78 is 4.10. The summed E-state index contributed by atoms with van der Waals surface area (Å²) in [4.78, 5) is 1.38. The molecule has 1 aromatic rings. The van der Waals surface area contributed by atoms with Crippen LogP contribution in [0.2, 0.25) is 0 Å². The topological polar surface area (TPSA) is 24.9 Å². The lowest BCUT2D eigenvalue weighted by Crippen LogP contribution is -2.16. The molecule has 2 nitrogen and oxygen atoms in total. The lowest BCUT2D eigenvalue weighted by atomic mass is 10.1. The Bertz CT molecular complexity index is 216. The molecule has 1 aromatic heterocycles. The van der Waals surface area contributed by atoms with Gasteiger partial charge in [-0.05, 0) is 43.4 Å². The van der Waals surface area contributed by atoms with Crippen LogP contribution in [0, 0.1) is 5.92 Å². The maximum absolute atomic E-state index is 4.10. The molecule has 1 N–H and O–H groups in total. The fourth-order valence-electron chi connectivity index (χ4n) is 1.43. The monoisotopic (exact) mass is 168 g/mol. The number of rotatable bonds is 3. The van der Waals surface area contributed by atoms with Gasteiger partial charge < -0.3 is 5.32 Å². The highest BCUT2D eigenvalue weighted by atomic mass is 32.1. The van der Waals surface area contributed by atoms with Crippen molar-refractivity contribution in [2.75, 3.05) is 7.05 Å². The zero-order valence-corrected chi connectivity index (χ0v) is 7.40. The van der Waals surface area contributed by atoms with Crippen LogP contribution in [0.1, 0.15) is 23.8 Å². The standard InChI is InChI=1S/C8H12N2S/c1-9-8(6-2-3-6)7-4-5-10-11-7/h4-6,8-9H,2-3H2,1H3. The van der Waals surface area contributed by atoms with Gasteiger partial charge in [0, 0.05) is 17.1 Å². The van der Waals surface area contributed by atoms with Gasteiger partial charge in [-0.25, -0.2) is 4.37 Å². The van der Waals surface area contributed by atoms with Gasteiger partial charge in [-0.15, -0.1) is 0 Å². The Kier molecular flexibility index (Phi) is 1.92. The minimum absolute atomic E-state index is 0.572. The van der Waals surface area contributed by atoms with E-state index in [1.807, 2.05) is 13.2 Å². The van der Waals surface area contributed by atoms with Crippen LogP contribution in [0.5, 0.6) is 0 Å². The fraction of sp³-hybridized carbons (Fsp3) is 0.625. The summed E-state index contributed by atoms with van der Waals surface area (Å²) in [7, 11) is 2.03. The highest BCUT2D eigenvalue weighted by molar-refractivity contribution is 7.05. The van der Waals surface area contributed by atoms with Gasteiger partial charge in [-0.3, -0.25) is 0 Å². The summed E-state index contributed by atoms with van der Waals surface area (Å²) in [5.74, 6) is 0.875. The molecule has 1 aliphatic carbocycles. The zero-order valence-electron chi connectivity index (χ0n) is 6.58. The number of hydrogen-bond donors (Lipinski definition) is 1. The van der Waals surface area contributed by atoms with Crippen molar-refractivity contribution in [3.05, 3.63) is 17.1 Å².